The van der Waals surface area contributed by atoms with Crippen LogP contribution in [-0.4, -0.2) is 11.8 Å². The summed E-state index contributed by atoms with van der Waals surface area (Å²) in [6.45, 7) is 1.98. The van der Waals surface area contributed by atoms with Crippen LogP contribution in [-0.2, 0) is 9.63 Å². The largest absolute Gasteiger partial charge is 0.416 e. The second-order valence-corrected chi connectivity index (χ2v) is 3.94. The van der Waals surface area contributed by atoms with Crippen LogP contribution in [0.25, 0.3) is 0 Å². The van der Waals surface area contributed by atoms with Crippen LogP contribution >= 0.6 is 0 Å². The van der Waals surface area contributed by atoms with Gasteiger partial charge in [0.15, 0.2) is 0 Å². The van der Waals surface area contributed by atoms with Crippen molar-refractivity contribution in [2.75, 3.05) is 0 Å². The zero-order valence-electron chi connectivity index (χ0n) is 9.74. The summed E-state index contributed by atoms with van der Waals surface area (Å²) in [6.07, 6.45) is 9.64. The van der Waals surface area contributed by atoms with Gasteiger partial charge in [-0.15, -0.1) is 0 Å². The molecule has 16 heavy (non-hydrogen) atoms. The van der Waals surface area contributed by atoms with E-state index in [1.807, 2.05) is 25.3 Å². The average Bonchev–Trinajstić information content (AvgIpc) is 2.32. The minimum absolute atomic E-state index is 0.381. The van der Waals surface area contributed by atoms with Crippen LogP contribution in [0.1, 0.15) is 39.0 Å². The number of nitrogens with one attached hydrogen (secondary N) is 1. The first-order valence-corrected chi connectivity index (χ1v) is 5.76. The molecule has 4 nitrogen and oxygen atoms in total. The number of ketones is 1. The maximum Gasteiger partial charge on any atom is 0.133 e. The molecule has 4 heteroatoms. The zero-order valence-corrected chi connectivity index (χ0v) is 9.74. The van der Waals surface area contributed by atoms with Crippen molar-refractivity contribution in [3.63, 3.8) is 0 Å². The molecule has 0 bridgehead atoms. The summed E-state index contributed by atoms with van der Waals surface area (Å²) in [5.74, 6) is 6.19. The van der Waals surface area contributed by atoms with Gasteiger partial charge >= 0.3 is 0 Å². The van der Waals surface area contributed by atoms with E-state index in [4.69, 9.17) is 5.90 Å². The highest BCUT2D eigenvalue weighted by Crippen LogP contribution is 2.14. The van der Waals surface area contributed by atoms with E-state index in [0.717, 1.165) is 25.0 Å². The highest BCUT2D eigenvalue weighted by Gasteiger charge is 2.16. The standard InChI is InChI=1S/C12H20N2O2/c1-2-12(16-13)4-3-9-14-10-5-7-11(15)8-6-10/h3-4,9-10,14H,2,5-8,13H2,1H3/b9-3+,12-4+. The molecule has 0 unspecified atom stereocenters. The van der Waals surface area contributed by atoms with Crippen molar-refractivity contribution in [1.29, 1.82) is 0 Å². The van der Waals surface area contributed by atoms with E-state index >= 15 is 0 Å². The molecule has 1 saturated carbocycles. The zero-order chi connectivity index (χ0) is 11.8. The molecule has 0 aliphatic heterocycles. The van der Waals surface area contributed by atoms with Gasteiger partial charge in [-0.05, 0) is 31.2 Å². The van der Waals surface area contributed by atoms with Gasteiger partial charge in [0.2, 0.25) is 0 Å². The summed E-state index contributed by atoms with van der Waals surface area (Å²) in [4.78, 5) is 15.7. The molecule has 0 atom stereocenters. The molecule has 0 radical (unpaired) electrons. The molecule has 0 amide bonds. The number of rotatable bonds is 5. The highest BCUT2D eigenvalue weighted by molar-refractivity contribution is 5.79. The van der Waals surface area contributed by atoms with E-state index in [0.29, 0.717) is 24.7 Å². The fourth-order valence-corrected chi connectivity index (χ4v) is 1.69. The molecular formula is C12H20N2O2. The van der Waals surface area contributed by atoms with Crippen molar-refractivity contribution in [2.45, 2.75) is 45.1 Å². The van der Waals surface area contributed by atoms with Gasteiger partial charge in [-0.3, -0.25) is 4.79 Å². The Balaban J connectivity index is 2.26. The molecule has 0 saturated heterocycles. The molecule has 0 heterocycles. The average molecular weight is 224 g/mol. The van der Waals surface area contributed by atoms with Crippen LogP contribution in [0.5, 0.6) is 0 Å². The van der Waals surface area contributed by atoms with Crippen LogP contribution in [0.4, 0.5) is 0 Å². The fourth-order valence-electron chi connectivity index (χ4n) is 1.69. The first-order chi connectivity index (χ1) is 7.76. The van der Waals surface area contributed by atoms with E-state index in [1.54, 1.807) is 0 Å². The van der Waals surface area contributed by atoms with Gasteiger partial charge in [-0.1, -0.05) is 6.92 Å². The van der Waals surface area contributed by atoms with E-state index in [-0.39, 0.29) is 0 Å². The lowest BCUT2D eigenvalue weighted by Crippen LogP contribution is -2.29. The quantitative estimate of drug-likeness (QED) is 0.424. The maximum absolute atomic E-state index is 11.0. The van der Waals surface area contributed by atoms with Crippen molar-refractivity contribution in [3.8, 4) is 0 Å². The van der Waals surface area contributed by atoms with Crippen LogP contribution in [0, 0.1) is 0 Å². The number of carbonyl (C=O) groups excluding carboxylic acids is 1. The third kappa shape index (κ3) is 4.49. The van der Waals surface area contributed by atoms with Gasteiger partial charge in [0, 0.05) is 25.3 Å². The lowest BCUT2D eigenvalue weighted by atomic mass is 9.94. The highest BCUT2D eigenvalue weighted by atomic mass is 16.6. The Morgan fingerprint density at radius 2 is 2.25 bits per heavy atom. The van der Waals surface area contributed by atoms with Gasteiger partial charge in [0.25, 0.3) is 0 Å². The van der Waals surface area contributed by atoms with Gasteiger partial charge in [-0.2, -0.15) is 5.90 Å². The van der Waals surface area contributed by atoms with Gasteiger partial charge < -0.3 is 10.2 Å². The Hall–Kier alpha value is -1.29. The van der Waals surface area contributed by atoms with E-state index in [9.17, 15) is 4.79 Å². The van der Waals surface area contributed by atoms with Crippen molar-refractivity contribution >= 4 is 5.78 Å². The molecule has 1 fully saturated rings. The van der Waals surface area contributed by atoms with Crippen molar-refractivity contribution in [3.05, 3.63) is 24.1 Å². The lowest BCUT2D eigenvalue weighted by molar-refractivity contribution is -0.120. The van der Waals surface area contributed by atoms with Crippen molar-refractivity contribution < 1.29 is 9.63 Å². The Bertz CT molecular complexity index is 269. The predicted molar refractivity (Wildman–Crippen MR) is 63.2 cm³/mol. The smallest absolute Gasteiger partial charge is 0.133 e. The molecule has 0 aromatic carbocycles. The summed E-state index contributed by atoms with van der Waals surface area (Å²) in [5, 5.41) is 3.27. The number of carbonyl (C=O) groups is 1. The van der Waals surface area contributed by atoms with Gasteiger partial charge in [0.05, 0.1) is 0 Å². The molecular weight excluding hydrogens is 204 g/mol. The number of hydrogen-bond donors (Lipinski definition) is 2. The van der Waals surface area contributed by atoms with Crippen molar-refractivity contribution in [2.24, 2.45) is 5.90 Å². The molecule has 1 aliphatic rings. The fraction of sp³-hybridized carbons (Fsp3) is 0.583. The molecule has 90 valence electrons. The Morgan fingerprint density at radius 1 is 1.56 bits per heavy atom. The van der Waals surface area contributed by atoms with Crippen LogP contribution in [0.15, 0.2) is 24.1 Å². The Morgan fingerprint density at radius 3 is 2.81 bits per heavy atom. The Labute approximate surface area is 96.5 Å². The minimum Gasteiger partial charge on any atom is -0.416 e. The molecule has 1 rings (SSSR count). The summed E-state index contributed by atoms with van der Waals surface area (Å²) in [6, 6.07) is 0.422. The minimum atomic E-state index is 0.381. The predicted octanol–water partition coefficient (Wildman–Crippen LogP) is 1.79. The Kier molecular flexibility index (Phi) is 5.64. The first-order valence-electron chi connectivity index (χ1n) is 5.76. The first kappa shape index (κ1) is 12.8. The van der Waals surface area contributed by atoms with Gasteiger partial charge in [-0.25, -0.2) is 0 Å². The van der Waals surface area contributed by atoms with Crippen molar-refractivity contribution in [1.82, 2.24) is 5.32 Å². The summed E-state index contributed by atoms with van der Waals surface area (Å²) >= 11 is 0. The monoisotopic (exact) mass is 224 g/mol. The maximum atomic E-state index is 11.0. The van der Waals surface area contributed by atoms with Gasteiger partial charge in [0.1, 0.15) is 11.5 Å². The number of allylic oxidation sites excluding steroid dienone is 3. The number of nitrogens with two attached hydrogens (primary N) is 1. The topological polar surface area (TPSA) is 64.3 Å². The summed E-state index contributed by atoms with van der Waals surface area (Å²) < 4.78 is 0. The molecule has 0 aromatic rings. The normalized spacial score (nSPS) is 19.1. The molecule has 0 spiro atoms. The molecule has 3 N–H and O–H groups in total. The second kappa shape index (κ2) is 7.06. The molecule has 0 aromatic heterocycles. The van der Waals surface area contributed by atoms with E-state index in [1.165, 1.54) is 0 Å². The summed E-state index contributed by atoms with van der Waals surface area (Å²) in [7, 11) is 0. The molecule has 1 aliphatic carbocycles. The van der Waals surface area contributed by atoms with E-state index < -0.39 is 0 Å². The van der Waals surface area contributed by atoms with E-state index in [2.05, 4.69) is 10.2 Å². The number of hydrogen-bond acceptors (Lipinski definition) is 4. The third-order valence-corrected chi connectivity index (χ3v) is 2.75. The lowest BCUT2D eigenvalue weighted by Gasteiger charge is -2.20. The summed E-state index contributed by atoms with van der Waals surface area (Å²) in [5.41, 5.74) is 0. The third-order valence-electron chi connectivity index (χ3n) is 2.75. The van der Waals surface area contributed by atoms with Crippen LogP contribution in [0.3, 0.4) is 0 Å². The number of Topliss-reactive ketones (excluding diaryl/α,β-unsaturated/α-hetero) is 1. The van der Waals surface area contributed by atoms with Crippen LogP contribution in [0.2, 0.25) is 0 Å². The van der Waals surface area contributed by atoms with Crippen LogP contribution < -0.4 is 11.2 Å². The second-order valence-electron chi connectivity index (χ2n) is 3.94. The SMILES string of the molecule is CC/C(=C\C=C\NC1CCC(=O)CC1)ON.